The minimum Gasteiger partial charge on any atom is -0.488 e. The third-order valence-corrected chi connectivity index (χ3v) is 6.28. The molecule has 0 spiro atoms. The molecule has 1 N–H and O–H groups in total. The van der Waals surface area contributed by atoms with Gasteiger partial charge in [-0.05, 0) is 42.2 Å². The normalized spacial score (nSPS) is 14.6. The van der Waals surface area contributed by atoms with Gasteiger partial charge in [-0.1, -0.05) is 48.9 Å². The maximum Gasteiger partial charge on any atom is 0.426 e. The Hall–Kier alpha value is -2.31. The van der Waals surface area contributed by atoms with Crippen LogP contribution in [0.2, 0.25) is 0 Å². The third-order valence-electron chi connectivity index (χ3n) is 5.13. The van der Waals surface area contributed by atoms with Crippen molar-refractivity contribution in [2.45, 2.75) is 44.6 Å². The van der Waals surface area contributed by atoms with Gasteiger partial charge in [0.2, 0.25) is 0 Å². The predicted molar refractivity (Wildman–Crippen MR) is 110 cm³/mol. The molecule has 0 amide bonds. The molecule has 1 fully saturated rings. The van der Waals surface area contributed by atoms with Gasteiger partial charge in [0.25, 0.3) is 0 Å². The SMILES string of the molecule is FC(F)(F)c1sc(COc2ccc(CNC3CCC3)cc2)cc1-c1ccccc1. The van der Waals surface area contributed by atoms with Crippen LogP contribution >= 0.6 is 11.3 Å². The second-order valence-electron chi connectivity index (χ2n) is 7.26. The van der Waals surface area contributed by atoms with Gasteiger partial charge in [-0.15, -0.1) is 11.3 Å². The van der Waals surface area contributed by atoms with E-state index in [2.05, 4.69) is 5.32 Å². The van der Waals surface area contributed by atoms with Crippen molar-refractivity contribution in [1.82, 2.24) is 5.32 Å². The van der Waals surface area contributed by atoms with Crippen LogP contribution in [0.3, 0.4) is 0 Å². The fraction of sp³-hybridized carbons (Fsp3) is 0.304. The highest BCUT2D eigenvalue weighted by Crippen LogP contribution is 2.43. The molecule has 3 aromatic rings. The van der Waals surface area contributed by atoms with E-state index in [-0.39, 0.29) is 12.2 Å². The Morgan fingerprint density at radius 1 is 1.00 bits per heavy atom. The largest absolute Gasteiger partial charge is 0.488 e. The second-order valence-corrected chi connectivity index (χ2v) is 8.40. The fourth-order valence-corrected chi connectivity index (χ4v) is 4.25. The Morgan fingerprint density at radius 3 is 2.34 bits per heavy atom. The van der Waals surface area contributed by atoms with Crippen molar-refractivity contribution in [3.8, 4) is 16.9 Å². The van der Waals surface area contributed by atoms with Gasteiger partial charge in [-0.3, -0.25) is 0 Å². The van der Waals surface area contributed by atoms with E-state index in [4.69, 9.17) is 4.74 Å². The molecule has 4 rings (SSSR count). The molecule has 1 heterocycles. The summed E-state index contributed by atoms with van der Waals surface area (Å²) in [5.41, 5.74) is 1.94. The van der Waals surface area contributed by atoms with E-state index in [1.54, 1.807) is 36.4 Å². The van der Waals surface area contributed by atoms with E-state index in [1.165, 1.54) is 24.8 Å². The Labute approximate surface area is 172 Å². The summed E-state index contributed by atoms with van der Waals surface area (Å²) >= 11 is 0.744. The Balaban J connectivity index is 1.42. The van der Waals surface area contributed by atoms with Crippen molar-refractivity contribution < 1.29 is 17.9 Å². The lowest BCUT2D eigenvalue weighted by Gasteiger charge is -2.26. The number of thiophene rings is 1. The van der Waals surface area contributed by atoms with Gasteiger partial charge in [0.1, 0.15) is 17.2 Å². The van der Waals surface area contributed by atoms with Crippen molar-refractivity contribution >= 4 is 11.3 Å². The summed E-state index contributed by atoms with van der Waals surface area (Å²) in [6.45, 7) is 0.936. The molecule has 2 aromatic carbocycles. The summed E-state index contributed by atoms with van der Waals surface area (Å²) in [4.78, 5) is -0.0355. The molecular formula is C23H22F3NOS. The Kier molecular flexibility index (Phi) is 5.92. The highest BCUT2D eigenvalue weighted by atomic mass is 32.1. The zero-order valence-electron chi connectivity index (χ0n) is 15.8. The van der Waals surface area contributed by atoms with Gasteiger partial charge < -0.3 is 10.1 Å². The zero-order chi connectivity index (χ0) is 20.3. The van der Waals surface area contributed by atoms with Gasteiger partial charge in [-0.25, -0.2) is 0 Å². The van der Waals surface area contributed by atoms with Crippen LogP contribution in [-0.2, 0) is 19.3 Å². The fourth-order valence-electron chi connectivity index (χ4n) is 3.29. The standard InChI is InChI=1S/C23H22F3NOS/c24-23(25,26)22-21(17-5-2-1-3-6-17)13-20(29-22)15-28-19-11-9-16(10-12-19)14-27-18-7-4-8-18/h1-3,5-6,9-13,18,27H,4,7-8,14-15H2. The Bertz CT molecular complexity index is 931. The second kappa shape index (κ2) is 8.59. The van der Waals surface area contributed by atoms with Gasteiger partial charge in [0.05, 0.1) is 0 Å². The molecule has 1 saturated carbocycles. The zero-order valence-corrected chi connectivity index (χ0v) is 16.7. The van der Waals surface area contributed by atoms with Crippen LogP contribution in [-0.4, -0.2) is 6.04 Å². The number of benzene rings is 2. The third kappa shape index (κ3) is 5.00. The number of nitrogens with one attached hydrogen (secondary N) is 1. The van der Waals surface area contributed by atoms with E-state index >= 15 is 0 Å². The lowest BCUT2D eigenvalue weighted by atomic mass is 9.93. The maximum atomic E-state index is 13.5. The van der Waals surface area contributed by atoms with Crippen molar-refractivity contribution in [2.24, 2.45) is 0 Å². The predicted octanol–water partition coefficient (Wildman–Crippen LogP) is 6.66. The molecule has 0 radical (unpaired) electrons. The van der Waals surface area contributed by atoms with Crippen LogP contribution < -0.4 is 10.1 Å². The monoisotopic (exact) mass is 417 g/mol. The summed E-state index contributed by atoms with van der Waals surface area (Å²) < 4.78 is 46.2. The molecule has 0 atom stereocenters. The first-order valence-corrected chi connectivity index (χ1v) is 10.5. The van der Waals surface area contributed by atoms with Gasteiger partial charge >= 0.3 is 6.18 Å². The van der Waals surface area contributed by atoms with Gasteiger partial charge in [-0.2, -0.15) is 13.2 Å². The van der Waals surface area contributed by atoms with Crippen molar-refractivity contribution in [3.05, 3.63) is 76.0 Å². The van der Waals surface area contributed by atoms with Gasteiger partial charge in [0.15, 0.2) is 0 Å². The minimum absolute atomic E-state index is 0.111. The lowest BCUT2D eigenvalue weighted by molar-refractivity contribution is -0.133. The first-order chi connectivity index (χ1) is 14.0. The molecule has 0 aliphatic heterocycles. The van der Waals surface area contributed by atoms with Crippen LogP contribution in [0.1, 0.15) is 34.6 Å². The molecule has 0 saturated heterocycles. The number of hydrogen-bond donors (Lipinski definition) is 1. The maximum absolute atomic E-state index is 13.5. The van der Waals surface area contributed by atoms with Crippen LogP contribution in [0.25, 0.3) is 11.1 Å². The lowest BCUT2D eigenvalue weighted by Crippen LogP contribution is -2.34. The van der Waals surface area contributed by atoms with Crippen molar-refractivity contribution in [2.75, 3.05) is 0 Å². The molecule has 1 aliphatic carbocycles. The van der Waals surface area contributed by atoms with E-state index in [0.29, 0.717) is 22.2 Å². The minimum atomic E-state index is -4.39. The average molecular weight is 417 g/mol. The molecule has 0 bridgehead atoms. The van der Waals surface area contributed by atoms with Crippen molar-refractivity contribution in [3.63, 3.8) is 0 Å². The highest BCUT2D eigenvalue weighted by molar-refractivity contribution is 7.12. The number of halogens is 3. The average Bonchev–Trinajstić information content (AvgIpc) is 3.12. The van der Waals surface area contributed by atoms with E-state index in [1.807, 2.05) is 24.3 Å². The number of hydrogen-bond acceptors (Lipinski definition) is 3. The molecule has 29 heavy (non-hydrogen) atoms. The van der Waals surface area contributed by atoms with Crippen LogP contribution in [0.15, 0.2) is 60.7 Å². The molecule has 2 nitrogen and oxygen atoms in total. The molecule has 1 aliphatic rings. The molecule has 1 aromatic heterocycles. The summed E-state index contributed by atoms with van der Waals surface area (Å²) in [5.74, 6) is 0.653. The highest BCUT2D eigenvalue weighted by Gasteiger charge is 2.36. The van der Waals surface area contributed by atoms with Crippen LogP contribution in [0.4, 0.5) is 13.2 Å². The molecule has 152 valence electrons. The summed E-state index contributed by atoms with van der Waals surface area (Å²) in [6.07, 6.45) is -0.599. The topological polar surface area (TPSA) is 21.3 Å². The van der Waals surface area contributed by atoms with Crippen LogP contribution in [0.5, 0.6) is 5.75 Å². The first-order valence-electron chi connectivity index (χ1n) is 9.69. The quantitative estimate of drug-likeness (QED) is 0.464. The smallest absolute Gasteiger partial charge is 0.426 e. The molecular weight excluding hydrogens is 395 g/mol. The Morgan fingerprint density at radius 2 is 1.72 bits per heavy atom. The van der Waals surface area contributed by atoms with E-state index < -0.39 is 11.1 Å². The van der Waals surface area contributed by atoms with Crippen LogP contribution in [0, 0.1) is 0 Å². The first kappa shape index (κ1) is 20.0. The summed E-state index contributed by atoms with van der Waals surface area (Å²) in [7, 11) is 0. The van der Waals surface area contributed by atoms with Crippen molar-refractivity contribution in [1.29, 1.82) is 0 Å². The number of ether oxygens (including phenoxy) is 1. The molecule has 0 unspecified atom stereocenters. The van der Waals surface area contributed by atoms with E-state index in [0.717, 1.165) is 17.9 Å². The number of rotatable bonds is 7. The summed E-state index contributed by atoms with van der Waals surface area (Å²) in [6, 6.07) is 18.6. The number of alkyl halides is 3. The van der Waals surface area contributed by atoms with Gasteiger partial charge in [0, 0.05) is 23.0 Å². The molecule has 6 heteroatoms. The summed E-state index contributed by atoms with van der Waals surface area (Å²) in [5, 5.41) is 3.51. The van der Waals surface area contributed by atoms with E-state index in [9.17, 15) is 13.2 Å².